The van der Waals surface area contributed by atoms with Crippen LogP contribution in [-0.4, -0.2) is 0 Å². The van der Waals surface area contributed by atoms with Crippen LogP contribution < -0.4 is 0 Å². The van der Waals surface area contributed by atoms with Gasteiger partial charge in [-0.1, -0.05) is 194 Å². The van der Waals surface area contributed by atoms with E-state index in [2.05, 4.69) is 194 Å². The largest absolute Gasteiger partial charge is 0.0725 e. The fourth-order valence-corrected chi connectivity index (χ4v) is 10.0. The molecule has 0 saturated heterocycles. The average molecular weight is 633 g/mol. The molecule has 232 valence electrons. The average Bonchev–Trinajstić information content (AvgIpc) is 3.66. The number of benzene rings is 8. The van der Waals surface area contributed by atoms with Crippen molar-refractivity contribution in [2.24, 2.45) is 0 Å². The monoisotopic (exact) mass is 632 g/mol. The van der Waals surface area contributed by atoms with Gasteiger partial charge in [0.25, 0.3) is 0 Å². The highest BCUT2D eigenvalue weighted by Crippen LogP contribution is 2.68. The summed E-state index contributed by atoms with van der Waals surface area (Å²) < 4.78 is 0. The van der Waals surface area contributed by atoms with Crippen LogP contribution in [0.3, 0.4) is 0 Å². The Hall–Kier alpha value is -6.24. The van der Waals surface area contributed by atoms with E-state index in [-0.39, 0.29) is 0 Å². The molecule has 0 heteroatoms. The lowest BCUT2D eigenvalue weighted by Crippen LogP contribution is -2.44. The molecule has 0 heterocycles. The molecule has 0 saturated carbocycles. The molecule has 2 spiro atoms. The summed E-state index contributed by atoms with van der Waals surface area (Å²) >= 11 is 0. The second kappa shape index (κ2) is 10.1. The first-order chi connectivity index (χ1) is 24.8. The topological polar surface area (TPSA) is 0 Å². The van der Waals surface area contributed by atoms with Gasteiger partial charge in [-0.3, -0.25) is 0 Å². The normalized spacial score (nSPS) is 14.7. The molecule has 0 atom stereocenters. The number of rotatable bonds is 2. The minimum Gasteiger partial charge on any atom is -0.0622 e. The van der Waals surface area contributed by atoms with E-state index in [0.717, 1.165) is 0 Å². The van der Waals surface area contributed by atoms with E-state index in [4.69, 9.17) is 0 Å². The Morgan fingerprint density at radius 2 is 0.540 bits per heavy atom. The van der Waals surface area contributed by atoms with E-state index in [0.29, 0.717) is 0 Å². The molecule has 3 aliphatic carbocycles. The summed E-state index contributed by atoms with van der Waals surface area (Å²) in [6.07, 6.45) is 0. The molecule has 50 heavy (non-hydrogen) atoms. The molecule has 0 amide bonds. The van der Waals surface area contributed by atoms with Crippen LogP contribution in [0.25, 0.3) is 44.5 Å². The Morgan fingerprint density at radius 1 is 0.200 bits per heavy atom. The van der Waals surface area contributed by atoms with Crippen LogP contribution in [0.2, 0.25) is 0 Å². The maximum absolute atomic E-state index is 2.44. The number of hydrogen-bond acceptors (Lipinski definition) is 0. The van der Waals surface area contributed by atoms with Crippen LogP contribution in [0.15, 0.2) is 194 Å². The van der Waals surface area contributed by atoms with Crippen LogP contribution in [0.4, 0.5) is 0 Å². The van der Waals surface area contributed by atoms with Crippen molar-refractivity contribution in [1.82, 2.24) is 0 Å². The molecule has 0 fully saturated rings. The zero-order chi connectivity index (χ0) is 32.9. The SMILES string of the molecule is c1ccc(-c2ccc(-c3cccc4c3C3(c5ccccc5-c5ccccc53)c3ccccc3C43c4ccccc4-c4ccccc43)cc2)cc1. The highest BCUT2D eigenvalue weighted by atomic mass is 14.6. The summed E-state index contributed by atoms with van der Waals surface area (Å²) in [5.41, 5.74) is 20.2. The highest BCUT2D eigenvalue weighted by Gasteiger charge is 2.59. The molecule has 0 unspecified atom stereocenters. The lowest BCUT2D eigenvalue weighted by Gasteiger charge is -2.49. The Bertz CT molecular complexity index is 2550. The van der Waals surface area contributed by atoms with Gasteiger partial charge in [-0.25, -0.2) is 0 Å². The maximum Gasteiger partial charge on any atom is 0.0725 e. The summed E-state index contributed by atoms with van der Waals surface area (Å²) in [4.78, 5) is 0. The van der Waals surface area contributed by atoms with Gasteiger partial charge in [-0.15, -0.1) is 0 Å². The Morgan fingerprint density at radius 3 is 1.06 bits per heavy atom. The molecule has 0 N–H and O–H groups in total. The summed E-state index contributed by atoms with van der Waals surface area (Å²) in [5, 5.41) is 0. The number of fused-ring (bicyclic) bond motifs is 16. The van der Waals surface area contributed by atoms with Gasteiger partial charge in [0.1, 0.15) is 0 Å². The first-order valence-corrected chi connectivity index (χ1v) is 17.6. The molecular weight excluding hydrogens is 601 g/mol. The van der Waals surface area contributed by atoms with Gasteiger partial charge >= 0.3 is 0 Å². The molecular formula is C50H32. The van der Waals surface area contributed by atoms with Crippen molar-refractivity contribution in [3.8, 4) is 44.5 Å². The second-order valence-electron chi connectivity index (χ2n) is 13.9. The van der Waals surface area contributed by atoms with Crippen molar-refractivity contribution in [3.63, 3.8) is 0 Å². The van der Waals surface area contributed by atoms with Gasteiger partial charge in [-0.2, -0.15) is 0 Å². The van der Waals surface area contributed by atoms with Crippen molar-refractivity contribution >= 4 is 0 Å². The zero-order valence-electron chi connectivity index (χ0n) is 27.5. The van der Waals surface area contributed by atoms with E-state index < -0.39 is 10.8 Å². The Kier molecular flexibility index (Phi) is 5.61. The molecule has 0 radical (unpaired) electrons. The zero-order valence-corrected chi connectivity index (χ0v) is 27.5. The highest BCUT2D eigenvalue weighted by molar-refractivity contribution is 5.96. The summed E-state index contributed by atoms with van der Waals surface area (Å²) in [6, 6.07) is 73.0. The predicted octanol–water partition coefficient (Wildman–Crippen LogP) is 12.1. The minimum atomic E-state index is -0.508. The van der Waals surface area contributed by atoms with Crippen LogP contribution in [0.1, 0.15) is 44.5 Å². The third-order valence-corrected chi connectivity index (χ3v) is 11.8. The molecule has 0 bridgehead atoms. The molecule has 3 aliphatic rings. The predicted molar refractivity (Wildman–Crippen MR) is 205 cm³/mol. The van der Waals surface area contributed by atoms with Gasteiger partial charge in [0.15, 0.2) is 0 Å². The third kappa shape index (κ3) is 3.31. The van der Waals surface area contributed by atoms with Gasteiger partial charge < -0.3 is 0 Å². The maximum atomic E-state index is 2.44. The summed E-state index contributed by atoms with van der Waals surface area (Å²) in [7, 11) is 0. The van der Waals surface area contributed by atoms with Crippen LogP contribution >= 0.6 is 0 Å². The Labute approximate surface area is 293 Å². The molecule has 0 aromatic heterocycles. The Balaban J connectivity index is 1.33. The molecule has 0 aliphatic heterocycles. The minimum absolute atomic E-state index is 0.475. The first kappa shape index (κ1) is 27.7. The van der Waals surface area contributed by atoms with Gasteiger partial charge in [0, 0.05) is 0 Å². The standard InChI is InChI=1S/C50H32/c1-2-15-33(16-3-1)34-29-31-35(32-30-34)36-21-14-28-47-48(36)50(43-24-10-6-19-39(43)40-20-7-11-25-44(40)50)46-27-13-12-26-45(46)49(47)41-22-8-4-17-37(41)38-18-5-9-23-42(38)49/h1-32H. The molecule has 0 nitrogen and oxygen atoms in total. The first-order valence-electron chi connectivity index (χ1n) is 17.6. The van der Waals surface area contributed by atoms with Gasteiger partial charge in [-0.05, 0) is 89.0 Å². The molecule has 11 rings (SSSR count). The van der Waals surface area contributed by atoms with E-state index in [1.165, 1.54) is 89.0 Å². The smallest absolute Gasteiger partial charge is 0.0622 e. The third-order valence-electron chi connectivity index (χ3n) is 11.8. The van der Waals surface area contributed by atoms with Crippen LogP contribution in [0.5, 0.6) is 0 Å². The van der Waals surface area contributed by atoms with Crippen molar-refractivity contribution in [2.45, 2.75) is 10.8 Å². The van der Waals surface area contributed by atoms with Gasteiger partial charge in [0.2, 0.25) is 0 Å². The van der Waals surface area contributed by atoms with Gasteiger partial charge in [0.05, 0.1) is 10.8 Å². The van der Waals surface area contributed by atoms with E-state index in [1.807, 2.05) is 0 Å². The summed E-state index contributed by atoms with van der Waals surface area (Å²) in [5.74, 6) is 0. The number of hydrogen-bond donors (Lipinski definition) is 0. The molecule has 8 aromatic rings. The fraction of sp³-hybridized carbons (Fsp3) is 0.0400. The van der Waals surface area contributed by atoms with E-state index >= 15 is 0 Å². The van der Waals surface area contributed by atoms with E-state index in [1.54, 1.807) is 0 Å². The van der Waals surface area contributed by atoms with Crippen LogP contribution in [-0.2, 0) is 10.8 Å². The van der Waals surface area contributed by atoms with Crippen molar-refractivity contribution in [3.05, 3.63) is 239 Å². The van der Waals surface area contributed by atoms with Crippen molar-refractivity contribution in [2.75, 3.05) is 0 Å². The van der Waals surface area contributed by atoms with Crippen LogP contribution in [0, 0.1) is 0 Å². The lowest BCUT2D eigenvalue weighted by molar-refractivity contribution is 0.634. The van der Waals surface area contributed by atoms with E-state index in [9.17, 15) is 0 Å². The lowest BCUT2D eigenvalue weighted by atomic mass is 9.51. The van der Waals surface area contributed by atoms with Crippen molar-refractivity contribution < 1.29 is 0 Å². The fourth-order valence-electron chi connectivity index (χ4n) is 10.0. The molecule has 8 aromatic carbocycles. The van der Waals surface area contributed by atoms with Crippen molar-refractivity contribution in [1.29, 1.82) is 0 Å². The summed E-state index contributed by atoms with van der Waals surface area (Å²) in [6.45, 7) is 0. The second-order valence-corrected chi connectivity index (χ2v) is 13.9. The quantitative estimate of drug-likeness (QED) is 0.178.